The van der Waals surface area contributed by atoms with Gasteiger partial charge in [0.15, 0.2) is 11.6 Å². The van der Waals surface area contributed by atoms with Crippen LogP contribution in [0, 0.1) is 0 Å². The summed E-state index contributed by atoms with van der Waals surface area (Å²) in [4.78, 5) is 10.6. The zero-order chi connectivity index (χ0) is 20.8. The van der Waals surface area contributed by atoms with Gasteiger partial charge in [0, 0.05) is 25.0 Å². The number of fused-ring (bicyclic) bond motifs is 1. The number of halogens is 3. The number of alkyl halides is 2. The van der Waals surface area contributed by atoms with E-state index in [-0.39, 0.29) is 31.6 Å². The normalized spacial score (nSPS) is 18.3. The van der Waals surface area contributed by atoms with Crippen molar-refractivity contribution in [1.29, 1.82) is 0 Å². The number of rotatable bonds is 5. The second kappa shape index (κ2) is 7.46. The molecule has 0 atom stereocenters. The average molecular weight is 425 g/mol. The molecule has 3 heterocycles. The maximum atomic E-state index is 13.9. The first-order chi connectivity index (χ1) is 13.7. The van der Waals surface area contributed by atoms with Crippen LogP contribution in [0.2, 0.25) is 5.02 Å². The highest BCUT2D eigenvalue weighted by Gasteiger charge is 2.42. The molecule has 0 amide bonds. The molecule has 1 saturated heterocycles. The number of nitrogens with one attached hydrogen (secondary N) is 1. The van der Waals surface area contributed by atoms with Crippen LogP contribution in [0.4, 0.5) is 26.1 Å². The van der Waals surface area contributed by atoms with Gasteiger partial charge in [0.05, 0.1) is 19.2 Å². The van der Waals surface area contributed by atoms with Crippen LogP contribution in [-0.2, 0) is 6.54 Å². The van der Waals surface area contributed by atoms with Gasteiger partial charge in [-0.05, 0) is 25.5 Å². The van der Waals surface area contributed by atoms with E-state index in [1.165, 1.54) is 0 Å². The van der Waals surface area contributed by atoms with Crippen molar-refractivity contribution in [1.82, 2.24) is 15.1 Å². The molecular weight excluding hydrogens is 402 g/mol. The molecule has 156 valence electrons. The van der Waals surface area contributed by atoms with Crippen LogP contribution in [0.5, 0.6) is 6.01 Å². The SMILES string of the molecule is CC(C)Oc1nc(N2CCC(F)(F)C2)c2c(n1)N(Cc1ccccc1Cl)N(C)N2. The molecule has 1 N–H and O–H groups in total. The topological polar surface area (TPSA) is 56.8 Å². The van der Waals surface area contributed by atoms with Crippen molar-refractivity contribution in [2.45, 2.75) is 38.8 Å². The highest BCUT2D eigenvalue weighted by molar-refractivity contribution is 6.31. The van der Waals surface area contributed by atoms with Gasteiger partial charge >= 0.3 is 6.01 Å². The van der Waals surface area contributed by atoms with E-state index in [4.69, 9.17) is 16.3 Å². The fraction of sp³-hybridized carbons (Fsp3) is 0.474. The molecule has 1 aromatic heterocycles. The zero-order valence-electron chi connectivity index (χ0n) is 16.5. The third-order valence-corrected chi connectivity index (χ3v) is 5.19. The zero-order valence-corrected chi connectivity index (χ0v) is 17.2. The van der Waals surface area contributed by atoms with Gasteiger partial charge in [0.2, 0.25) is 0 Å². The minimum absolute atomic E-state index is 0.148. The molecular formula is C19H23ClF2N6O. The maximum Gasteiger partial charge on any atom is 0.320 e. The molecule has 4 rings (SSSR count). The number of anilines is 3. The summed E-state index contributed by atoms with van der Waals surface area (Å²) in [6.07, 6.45) is -0.351. The molecule has 7 nitrogen and oxygen atoms in total. The smallest absolute Gasteiger partial charge is 0.320 e. The highest BCUT2D eigenvalue weighted by atomic mass is 35.5. The van der Waals surface area contributed by atoms with Crippen LogP contribution >= 0.6 is 11.6 Å². The molecule has 0 unspecified atom stereocenters. The Balaban J connectivity index is 1.74. The van der Waals surface area contributed by atoms with Crippen molar-refractivity contribution in [3.63, 3.8) is 0 Å². The molecule has 2 aliphatic heterocycles. The van der Waals surface area contributed by atoms with Gasteiger partial charge in [-0.25, -0.2) is 8.78 Å². The number of hydrogen-bond donors (Lipinski definition) is 1. The second-order valence-corrected chi connectivity index (χ2v) is 7.91. The number of benzene rings is 1. The Kier molecular flexibility index (Phi) is 5.12. The van der Waals surface area contributed by atoms with Crippen LogP contribution < -0.4 is 20.1 Å². The Morgan fingerprint density at radius 1 is 1.24 bits per heavy atom. The fourth-order valence-electron chi connectivity index (χ4n) is 3.45. The van der Waals surface area contributed by atoms with E-state index < -0.39 is 5.92 Å². The van der Waals surface area contributed by atoms with Crippen LogP contribution in [0.15, 0.2) is 24.3 Å². The minimum atomic E-state index is -2.74. The third-order valence-electron chi connectivity index (χ3n) is 4.82. The Bertz CT molecular complexity index is 912. The van der Waals surface area contributed by atoms with Crippen molar-refractivity contribution < 1.29 is 13.5 Å². The molecule has 29 heavy (non-hydrogen) atoms. The highest BCUT2D eigenvalue weighted by Crippen LogP contribution is 2.43. The van der Waals surface area contributed by atoms with E-state index in [0.717, 1.165) is 5.56 Å². The van der Waals surface area contributed by atoms with E-state index in [0.29, 0.717) is 28.9 Å². The predicted molar refractivity (Wildman–Crippen MR) is 109 cm³/mol. The van der Waals surface area contributed by atoms with Crippen molar-refractivity contribution in [3.8, 4) is 6.01 Å². The van der Waals surface area contributed by atoms with E-state index >= 15 is 0 Å². The molecule has 1 fully saturated rings. The molecule has 0 bridgehead atoms. The molecule has 0 spiro atoms. The largest absolute Gasteiger partial charge is 0.461 e. The van der Waals surface area contributed by atoms with E-state index in [1.54, 1.807) is 10.0 Å². The lowest BCUT2D eigenvalue weighted by molar-refractivity contribution is 0.0256. The fourth-order valence-corrected chi connectivity index (χ4v) is 3.64. The van der Waals surface area contributed by atoms with E-state index in [2.05, 4.69) is 15.4 Å². The Morgan fingerprint density at radius 2 is 1.97 bits per heavy atom. The summed E-state index contributed by atoms with van der Waals surface area (Å²) in [6.45, 7) is 4.02. The van der Waals surface area contributed by atoms with E-state index in [1.807, 2.05) is 50.2 Å². The van der Waals surface area contributed by atoms with Crippen LogP contribution in [0.3, 0.4) is 0 Å². The third kappa shape index (κ3) is 4.02. The van der Waals surface area contributed by atoms with Crippen molar-refractivity contribution in [3.05, 3.63) is 34.9 Å². The summed E-state index contributed by atoms with van der Waals surface area (Å²) in [5.74, 6) is -1.77. The number of aromatic nitrogens is 2. The molecule has 0 radical (unpaired) electrons. The van der Waals surface area contributed by atoms with Crippen molar-refractivity contribution in [2.24, 2.45) is 0 Å². The predicted octanol–water partition coefficient (Wildman–Crippen LogP) is 3.96. The second-order valence-electron chi connectivity index (χ2n) is 7.51. The van der Waals surface area contributed by atoms with Crippen molar-refractivity contribution in [2.75, 3.05) is 35.5 Å². The molecule has 2 aromatic rings. The molecule has 0 aliphatic carbocycles. The molecule has 2 aliphatic rings. The lowest BCUT2D eigenvalue weighted by Crippen LogP contribution is -2.38. The Hall–Kier alpha value is -2.39. The molecule has 10 heteroatoms. The summed E-state index contributed by atoms with van der Waals surface area (Å²) < 4.78 is 33.4. The number of hydrazine groups is 2. The van der Waals surface area contributed by atoms with Gasteiger partial charge < -0.3 is 9.64 Å². The molecule has 1 aromatic carbocycles. The minimum Gasteiger partial charge on any atom is -0.461 e. The first-order valence-electron chi connectivity index (χ1n) is 9.46. The Morgan fingerprint density at radius 3 is 2.62 bits per heavy atom. The average Bonchev–Trinajstić information content (AvgIpc) is 3.15. The van der Waals surface area contributed by atoms with Gasteiger partial charge in [-0.2, -0.15) is 9.97 Å². The number of hydrogen-bond acceptors (Lipinski definition) is 7. The maximum absolute atomic E-state index is 13.9. The standard InChI is InChI=1S/C19H23ClF2N6O/c1-12(2)29-18-23-16(27-9-8-19(21,22)11-27)15-17(24-18)28(26(3)25-15)10-13-6-4-5-7-14(13)20/h4-7,12,25H,8-11H2,1-3H3. The first-order valence-corrected chi connectivity index (χ1v) is 9.84. The van der Waals surface area contributed by atoms with Crippen LogP contribution in [-0.4, -0.2) is 47.2 Å². The van der Waals surface area contributed by atoms with E-state index in [9.17, 15) is 8.78 Å². The van der Waals surface area contributed by atoms with Gasteiger partial charge in [0.1, 0.15) is 5.69 Å². The lowest BCUT2D eigenvalue weighted by atomic mass is 10.2. The quantitative estimate of drug-likeness (QED) is 0.779. The summed E-state index contributed by atoms with van der Waals surface area (Å²) in [6, 6.07) is 7.70. The summed E-state index contributed by atoms with van der Waals surface area (Å²) in [7, 11) is 1.82. The summed E-state index contributed by atoms with van der Waals surface area (Å²) in [5, 5.41) is 4.27. The van der Waals surface area contributed by atoms with Gasteiger partial charge in [-0.1, -0.05) is 29.8 Å². The lowest BCUT2D eigenvalue weighted by Gasteiger charge is -2.25. The number of ether oxygens (including phenoxy) is 1. The monoisotopic (exact) mass is 424 g/mol. The van der Waals surface area contributed by atoms with Gasteiger partial charge in [0.25, 0.3) is 5.92 Å². The Labute approximate surface area is 173 Å². The summed E-state index contributed by atoms with van der Waals surface area (Å²) in [5.41, 5.74) is 4.68. The summed E-state index contributed by atoms with van der Waals surface area (Å²) >= 11 is 6.33. The van der Waals surface area contributed by atoms with Crippen LogP contribution in [0.25, 0.3) is 0 Å². The van der Waals surface area contributed by atoms with Crippen LogP contribution in [0.1, 0.15) is 25.8 Å². The van der Waals surface area contributed by atoms with Crippen molar-refractivity contribution >= 4 is 28.9 Å². The molecule has 0 saturated carbocycles. The van der Waals surface area contributed by atoms with Gasteiger partial charge in [-0.3, -0.25) is 10.4 Å². The first kappa shape index (κ1) is 19.9. The number of nitrogens with zero attached hydrogens (tertiary/aromatic N) is 5. The van der Waals surface area contributed by atoms with Gasteiger partial charge in [-0.15, -0.1) is 5.12 Å².